The van der Waals surface area contributed by atoms with E-state index in [0.29, 0.717) is 0 Å². The Morgan fingerprint density at radius 3 is 1.92 bits per heavy atom. The second kappa shape index (κ2) is 4.90. The minimum Gasteiger partial charge on any atom is -0.192 e. The van der Waals surface area contributed by atoms with Crippen molar-refractivity contribution in [2.24, 2.45) is 0 Å². The number of rotatable bonds is 3. The van der Waals surface area contributed by atoms with Gasteiger partial charge in [-0.1, -0.05) is 10.8 Å². The molecular weight excluding hydrogens is 226 g/mol. The van der Waals surface area contributed by atoms with E-state index in [1.165, 1.54) is 0 Å². The standard InChI is InChI=1S/C4H2F6S2/c5-2(6)3(7)12-11-1-4(8,9)10/h1H2. The molecule has 0 radical (unpaired) electrons. The largest absolute Gasteiger partial charge is 0.398 e. The van der Waals surface area contributed by atoms with Gasteiger partial charge in [0, 0.05) is 0 Å². The molecule has 12 heavy (non-hydrogen) atoms. The van der Waals surface area contributed by atoms with Crippen LogP contribution in [0.4, 0.5) is 26.3 Å². The van der Waals surface area contributed by atoms with Crippen LogP contribution in [0.2, 0.25) is 0 Å². The fourth-order valence-electron chi connectivity index (χ4n) is 0.180. The molecule has 0 aromatic heterocycles. The predicted molar refractivity (Wildman–Crippen MR) is 36.5 cm³/mol. The van der Waals surface area contributed by atoms with Crippen molar-refractivity contribution in [3.05, 3.63) is 11.2 Å². The molecule has 0 rings (SSSR count). The van der Waals surface area contributed by atoms with Crippen LogP contribution in [0.1, 0.15) is 0 Å². The molecule has 0 aliphatic heterocycles. The van der Waals surface area contributed by atoms with Gasteiger partial charge in [0.15, 0.2) is 0 Å². The highest BCUT2D eigenvalue weighted by atomic mass is 33.1. The summed E-state index contributed by atoms with van der Waals surface area (Å²) < 4.78 is 68.3. The van der Waals surface area contributed by atoms with Gasteiger partial charge in [-0.25, -0.2) is 0 Å². The average Bonchev–Trinajstić information content (AvgIpc) is 1.84. The Morgan fingerprint density at radius 2 is 1.58 bits per heavy atom. The summed E-state index contributed by atoms with van der Waals surface area (Å²) in [6.45, 7) is 0. The summed E-state index contributed by atoms with van der Waals surface area (Å²) >= 11 is 0. The van der Waals surface area contributed by atoms with Crippen LogP contribution in [0, 0.1) is 0 Å². The zero-order valence-corrected chi connectivity index (χ0v) is 6.92. The highest BCUT2D eigenvalue weighted by molar-refractivity contribution is 8.78. The molecule has 0 nitrogen and oxygen atoms in total. The summed E-state index contributed by atoms with van der Waals surface area (Å²) in [7, 11) is -0.254. The SMILES string of the molecule is FC(F)=C(F)SSCC(F)(F)F. The Labute approximate surface area is 71.8 Å². The Bertz CT molecular complexity index is 169. The van der Waals surface area contributed by atoms with E-state index in [-0.39, 0.29) is 21.6 Å². The van der Waals surface area contributed by atoms with Gasteiger partial charge in [-0.05, 0) is 10.8 Å². The van der Waals surface area contributed by atoms with Crippen molar-refractivity contribution in [1.82, 2.24) is 0 Å². The molecule has 8 heteroatoms. The summed E-state index contributed by atoms with van der Waals surface area (Å²) in [5.74, 6) is -1.36. The minimum atomic E-state index is -4.47. The molecule has 0 aliphatic carbocycles. The van der Waals surface area contributed by atoms with E-state index in [1.54, 1.807) is 0 Å². The van der Waals surface area contributed by atoms with Crippen LogP contribution in [0.3, 0.4) is 0 Å². The topological polar surface area (TPSA) is 0 Å². The van der Waals surface area contributed by atoms with Gasteiger partial charge >= 0.3 is 12.3 Å². The van der Waals surface area contributed by atoms with Gasteiger partial charge in [0.05, 0.1) is 0 Å². The molecule has 0 saturated heterocycles. The maximum atomic E-state index is 11.8. The van der Waals surface area contributed by atoms with Crippen LogP contribution in [-0.2, 0) is 0 Å². The first-order valence-electron chi connectivity index (χ1n) is 2.40. The van der Waals surface area contributed by atoms with Gasteiger partial charge in [-0.15, -0.1) is 0 Å². The third-order valence-corrected chi connectivity index (χ3v) is 2.51. The number of hydrogen-bond donors (Lipinski definition) is 0. The first kappa shape index (κ1) is 12.0. The maximum absolute atomic E-state index is 11.8. The van der Waals surface area contributed by atoms with Gasteiger partial charge in [0.2, 0.25) is 5.16 Å². The Morgan fingerprint density at radius 1 is 1.08 bits per heavy atom. The first-order chi connectivity index (χ1) is 5.33. The van der Waals surface area contributed by atoms with Crippen molar-refractivity contribution in [3.63, 3.8) is 0 Å². The molecule has 0 fully saturated rings. The highest BCUT2D eigenvalue weighted by Crippen LogP contribution is 2.37. The fourth-order valence-corrected chi connectivity index (χ4v) is 1.62. The second-order valence-corrected chi connectivity index (χ2v) is 3.75. The molecule has 0 bridgehead atoms. The van der Waals surface area contributed by atoms with Crippen molar-refractivity contribution in [3.8, 4) is 0 Å². The third kappa shape index (κ3) is 6.71. The number of hydrogen-bond acceptors (Lipinski definition) is 2. The van der Waals surface area contributed by atoms with E-state index in [2.05, 4.69) is 0 Å². The van der Waals surface area contributed by atoms with E-state index in [1.807, 2.05) is 0 Å². The molecule has 0 aromatic rings. The van der Waals surface area contributed by atoms with Crippen LogP contribution in [0.25, 0.3) is 0 Å². The Kier molecular flexibility index (Phi) is 4.91. The molecule has 0 spiro atoms. The van der Waals surface area contributed by atoms with Gasteiger partial charge < -0.3 is 0 Å². The van der Waals surface area contributed by atoms with Crippen LogP contribution in [0.5, 0.6) is 0 Å². The lowest BCUT2D eigenvalue weighted by atomic mass is 10.8. The van der Waals surface area contributed by atoms with E-state index >= 15 is 0 Å². The lowest BCUT2D eigenvalue weighted by Crippen LogP contribution is -2.09. The van der Waals surface area contributed by atoms with Crippen LogP contribution in [-0.4, -0.2) is 11.9 Å². The maximum Gasteiger partial charge on any atom is 0.398 e. The predicted octanol–water partition coefficient (Wildman–Crippen LogP) is 3.97. The number of halogens is 6. The van der Waals surface area contributed by atoms with Crippen LogP contribution >= 0.6 is 21.6 Å². The van der Waals surface area contributed by atoms with Gasteiger partial charge in [0.1, 0.15) is 5.75 Å². The summed E-state index contributed by atoms with van der Waals surface area (Å²) in [6, 6.07) is 0. The second-order valence-electron chi connectivity index (χ2n) is 1.49. The first-order valence-corrected chi connectivity index (χ1v) is 4.72. The fraction of sp³-hybridized carbons (Fsp3) is 0.500. The molecule has 0 aliphatic rings. The molecule has 0 saturated carbocycles. The minimum absolute atomic E-state index is 0.0246. The van der Waals surface area contributed by atoms with Gasteiger partial charge in [-0.2, -0.15) is 26.3 Å². The van der Waals surface area contributed by atoms with Crippen molar-refractivity contribution in [1.29, 1.82) is 0 Å². The summed E-state index contributed by atoms with van der Waals surface area (Å²) in [4.78, 5) is 0. The molecule has 0 atom stereocenters. The average molecular weight is 228 g/mol. The van der Waals surface area contributed by atoms with Crippen molar-refractivity contribution >= 4 is 21.6 Å². The van der Waals surface area contributed by atoms with E-state index in [4.69, 9.17) is 0 Å². The lowest BCUT2D eigenvalue weighted by Gasteiger charge is -2.02. The summed E-state index contributed by atoms with van der Waals surface area (Å²) in [6.07, 6.45) is -7.07. The normalized spacial score (nSPS) is 11.5. The molecule has 72 valence electrons. The van der Waals surface area contributed by atoms with Gasteiger partial charge in [-0.3, -0.25) is 0 Å². The summed E-state index contributed by atoms with van der Waals surface area (Å²) in [5, 5.41) is -1.88. The Hall–Kier alpha value is 0.0200. The zero-order valence-electron chi connectivity index (χ0n) is 5.29. The summed E-state index contributed by atoms with van der Waals surface area (Å²) in [5.41, 5.74) is 0. The number of alkyl halides is 3. The highest BCUT2D eigenvalue weighted by Gasteiger charge is 2.27. The molecule has 0 amide bonds. The molecule has 0 N–H and O–H groups in total. The lowest BCUT2D eigenvalue weighted by molar-refractivity contribution is -0.104. The van der Waals surface area contributed by atoms with Gasteiger partial charge in [0.25, 0.3) is 0 Å². The van der Waals surface area contributed by atoms with Crippen molar-refractivity contribution < 1.29 is 26.3 Å². The Balaban J connectivity index is 3.66. The van der Waals surface area contributed by atoms with E-state index in [0.717, 1.165) is 0 Å². The van der Waals surface area contributed by atoms with Crippen LogP contribution in [0.15, 0.2) is 11.2 Å². The van der Waals surface area contributed by atoms with E-state index < -0.39 is 23.2 Å². The quantitative estimate of drug-likeness (QED) is 0.529. The molecule has 0 aromatic carbocycles. The molecule has 0 heterocycles. The molecule has 0 unspecified atom stereocenters. The molecular formula is C4H2F6S2. The monoisotopic (exact) mass is 228 g/mol. The van der Waals surface area contributed by atoms with Crippen LogP contribution < -0.4 is 0 Å². The smallest absolute Gasteiger partial charge is 0.192 e. The zero-order chi connectivity index (χ0) is 9.78. The van der Waals surface area contributed by atoms with Crippen molar-refractivity contribution in [2.45, 2.75) is 6.18 Å². The van der Waals surface area contributed by atoms with Crippen molar-refractivity contribution in [2.75, 3.05) is 5.75 Å². The third-order valence-electron chi connectivity index (χ3n) is 0.503. The van der Waals surface area contributed by atoms with E-state index in [9.17, 15) is 26.3 Å².